The summed E-state index contributed by atoms with van der Waals surface area (Å²) in [5.74, 6) is 0. The van der Waals surface area contributed by atoms with Crippen LogP contribution in [0, 0.1) is 6.92 Å². The minimum absolute atomic E-state index is 0.377. The van der Waals surface area contributed by atoms with Gasteiger partial charge in [-0.05, 0) is 30.5 Å². The van der Waals surface area contributed by atoms with Gasteiger partial charge in [-0.3, -0.25) is 0 Å². The molecule has 0 radical (unpaired) electrons. The molecule has 31 heavy (non-hydrogen) atoms. The molecule has 4 rings (SSSR count). The highest BCUT2D eigenvalue weighted by Gasteiger charge is 2.27. The van der Waals surface area contributed by atoms with Gasteiger partial charge in [0.05, 0.1) is 9.52 Å². The van der Waals surface area contributed by atoms with Crippen LogP contribution in [0.2, 0.25) is 5.16 Å². The SMILES string of the molecule is Cc1ccc(CCC[C@H]([SiH2]c2ccccc2)[SiH](c2ccccc2)c2ccccc2)cc1. The van der Waals surface area contributed by atoms with E-state index in [4.69, 9.17) is 0 Å². The molecule has 0 aliphatic heterocycles. The summed E-state index contributed by atoms with van der Waals surface area (Å²) in [5.41, 5.74) is 2.82. The first-order valence-electron chi connectivity index (χ1n) is 11.5. The standard InChI is InChI=1S/C29H32Si2/c1-24-20-22-25(23-21-24)12-11-19-29(30-26-13-5-2-6-14-26)31(27-15-7-3-8-16-27)28-17-9-4-10-18-28/h2-10,13-18,20-23,29,31H,11-12,19,30H2,1H3/t29-/m1/s1. The fraction of sp³-hybridized carbons (Fsp3) is 0.172. The molecular formula is C29H32Si2. The molecule has 4 aromatic carbocycles. The number of hydrogen-bond donors (Lipinski definition) is 0. The van der Waals surface area contributed by atoms with Gasteiger partial charge in [0.25, 0.3) is 0 Å². The lowest BCUT2D eigenvalue weighted by molar-refractivity contribution is 0.766. The van der Waals surface area contributed by atoms with Crippen LogP contribution in [0.25, 0.3) is 0 Å². The number of benzene rings is 4. The summed E-state index contributed by atoms with van der Waals surface area (Å²) < 4.78 is 0. The van der Waals surface area contributed by atoms with Crippen LogP contribution in [0.15, 0.2) is 115 Å². The van der Waals surface area contributed by atoms with Gasteiger partial charge in [-0.1, -0.05) is 143 Å². The quantitative estimate of drug-likeness (QED) is 0.345. The fourth-order valence-corrected chi connectivity index (χ4v) is 13.0. The molecule has 0 saturated heterocycles. The Hall–Kier alpha value is -2.69. The highest BCUT2D eigenvalue weighted by molar-refractivity contribution is 6.93. The highest BCUT2D eigenvalue weighted by atomic mass is 28.3. The maximum Gasteiger partial charge on any atom is 0.103 e. The van der Waals surface area contributed by atoms with Crippen LogP contribution in [0.5, 0.6) is 0 Å². The molecule has 0 aliphatic carbocycles. The largest absolute Gasteiger partial charge is 0.103 e. The Morgan fingerprint density at radius 1 is 0.645 bits per heavy atom. The van der Waals surface area contributed by atoms with Crippen LogP contribution in [0.4, 0.5) is 0 Å². The van der Waals surface area contributed by atoms with Crippen molar-refractivity contribution in [1.82, 2.24) is 0 Å². The van der Waals surface area contributed by atoms with Gasteiger partial charge >= 0.3 is 0 Å². The first-order valence-corrected chi connectivity index (χ1v) is 14.8. The summed E-state index contributed by atoms with van der Waals surface area (Å²) in [6.45, 7) is 2.17. The van der Waals surface area contributed by atoms with E-state index in [2.05, 4.69) is 122 Å². The summed E-state index contributed by atoms with van der Waals surface area (Å²) in [6, 6.07) is 43.2. The predicted molar refractivity (Wildman–Crippen MR) is 142 cm³/mol. The summed E-state index contributed by atoms with van der Waals surface area (Å²) in [7, 11) is -1.68. The molecule has 0 unspecified atom stereocenters. The van der Waals surface area contributed by atoms with E-state index >= 15 is 0 Å². The molecule has 0 N–H and O–H groups in total. The van der Waals surface area contributed by atoms with Crippen molar-refractivity contribution in [2.75, 3.05) is 0 Å². The number of aryl methyl sites for hydroxylation is 2. The van der Waals surface area contributed by atoms with Gasteiger partial charge in [0.2, 0.25) is 0 Å². The molecule has 0 aromatic heterocycles. The van der Waals surface area contributed by atoms with Gasteiger partial charge < -0.3 is 0 Å². The van der Waals surface area contributed by atoms with Crippen molar-refractivity contribution in [2.24, 2.45) is 0 Å². The topological polar surface area (TPSA) is 0 Å². The number of hydrogen-bond acceptors (Lipinski definition) is 0. The minimum Gasteiger partial charge on any atom is -0.0669 e. The van der Waals surface area contributed by atoms with E-state index in [1.165, 1.54) is 30.4 Å². The van der Waals surface area contributed by atoms with Crippen LogP contribution in [0.1, 0.15) is 24.0 Å². The Labute approximate surface area is 191 Å². The second-order valence-electron chi connectivity index (χ2n) is 8.63. The second kappa shape index (κ2) is 11.1. The average Bonchev–Trinajstić information content (AvgIpc) is 2.82. The molecule has 2 heteroatoms. The maximum absolute atomic E-state index is 2.39. The molecule has 0 fully saturated rings. The van der Waals surface area contributed by atoms with E-state index in [1.54, 1.807) is 15.6 Å². The zero-order valence-corrected chi connectivity index (χ0v) is 21.0. The Balaban J connectivity index is 1.60. The van der Waals surface area contributed by atoms with E-state index in [-0.39, 0.29) is 9.52 Å². The van der Waals surface area contributed by atoms with Gasteiger partial charge in [0, 0.05) is 0 Å². The molecule has 4 aromatic rings. The van der Waals surface area contributed by atoms with Crippen LogP contribution in [0.3, 0.4) is 0 Å². The third-order valence-electron chi connectivity index (χ3n) is 6.29. The molecule has 0 saturated carbocycles. The van der Waals surface area contributed by atoms with Crippen LogP contribution in [-0.2, 0) is 6.42 Å². The van der Waals surface area contributed by atoms with E-state index in [0.717, 1.165) is 5.16 Å². The Morgan fingerprint density at radius 2 is 1.16 bits per heavy atom. The Bertz CT molecular complexity index is 989. The van der Waals surface area contributed by atoms with Gasteiger partial charge in [-0.25, -0.2) is 0 Å². The fourth-order valence-electron chi connectivity index (χ4n) is 4.68. The molecule has 0 aliphatic rings. The molecule has 0 heterocycles. The Kier molecular flexibility index (Phi) is 7.70. The number of rotatable bonds is 9. The third kappa shape index (κ3) is 6.16. The maximum atomic E-state index is 2.39. The van der Waals surface area contributed by atoms with E-state index in [1.807, 2.05) is 0 Å². The van der Waals surface area contributed by atoms with Gasteiger partial charge in [-0.2, -0.15) is 0 Å². The first kappa shape index (κ1) is 21.5. The summed E-state index contributed by atoms with van der Waals surface area (Å²) >= 11 is 0. The van der Waals surface area contributed by atoms with Crippen molar-refractivity contribution in [3.05, 3.63) is 126 Å². The monoisotopic (exact) mass is 436 g/mol. The van der Waals surface area contributed by atoms with Crippen molar-refractivity contribution in [2.45, 2.75) is 31.4 Å². The van der Waals surface area contributed by atoms with Crippen LogP contribution < -0.4 is 15.6 Å². The summed E-state index contributed by atoms with van der Waals surface area (Å²) in [5, 5.41) is 5.62. The van der Waals surface area contributed by atoms with Crippen LogP contribution >= 0.6 is 0 Å². The minimum atomic E-state index is -1.31. The molecule has 0 spiro atoms. The second-order valence-corrected chi connectivity index (χ2v) is 15.1. The van der Waals surface area contributed by atoms with Crippen molar-refractivity contribution in [1.29, 1.82) is 0 Å². The molecule has 0 bridgehead atoms. The van der Waals surface area contributed by atoms with E-state index < -0.39 is 8.80 Å². The predicted octanol–water partition coefficient (Wildman–Crippen LogP) is 4.18. The molecule has 156 valence electrons. The summed E-state index contributed by atoms with van der Waals surface area (Å²) in [4.78, 5) is 0. The smallest absolute Gasteiger partial charge is 0.0669 e. The normalized spacial score (nSPS) is 12.5. The van der Waals surface area contributed by atoms with Crippen molar-refractivity contribution < 1.29 is 0 Å². The van der Waals surface area contributed by atoms with Crippen molar-refractivity contribution in [3.63, 3.8) is 0 Å². The third-order valence-corrected chi connectivity index (χ3v) is 13.8. The van der Waals surface area contributed by atoms with E-state index in [9.17, 15) is 0 Å². The van der Waals surface area contributed by atoms with Gasteiger partial charge in [-0.15, -0.1) is 0 Å². The lowest BCUT2D eigenvalue weighted by atomic mass is 10.1. The lowest BCUT2D eigenvalue weighted by Crippen LogP contribution is -2.49. The van der Waals surface area contributed by atoms with Crippen LogP contribution in [-0.4, -0.2) is 18.3 Å². The Morgan fingerprint density at radius 3 is 1.71 bits per heavy atom. The van der Waals surface area contributed by atoms with Gasteiger partial charge in [0.15, 0.2) is 0 Å². The molecule has 0 amide bonds. The van der Waals surface area contributed by atoms with Gasteiger partial charge in [0.1, 0.15) is 8.80 Å². The zero-order valence-electron chi connectivity index (χ0n) is 18.5. The summed E-state index contributed by atoms with van der Waals surface area (Å²) in [6.07, 6.45) is 3.79. The molecular weight excluding hydrogens is 404 g/mol. The zero-order chi connectivity index (χ0) is 21.3. The first-order chi connectivity index (χ1) is 15.3. The average molecular weight is 437 g/mol. The molecule has 1 atom stereocenters. The van der Waals surface area contributed by atoms with Crippen molar-refractivity contribution >= 4 is 33.9 Å². The van der Waals surface area contributed by atoms with Crippen molar-refractivity contribution in [3.8, 4) is 0 Å². The van der Waals surface area contributed by atoms with E-state index in [0.29, 0.717) is 0 Å². The highest BCUT2D eigenvalue weighted by Crippen LogP contribution is 2.19. The molecule has 0 nitrogen and oxygen atoms in total. The lowest BCUT2D eigenvalue weighted by Gasteiger charge is -2.27.